The zero-order valence-corrected chi connectivity index (χ0v) is 16.6. The summed E-state index contributed by atoms with van der Waals surface area (Å²) in [7, 11) is 0. The molecule has 2 heterocycles. The summed E-state index contributed by atoms with van der Waals surface area (Å²) in [4.78, 5) is 28.0. The van der Waals surface area contributed by atoms with Gasteiger partial charge in [-0.25, -0.2) is 0 Å². The maximum Gasteiger partial charge on any atom is 0.254 e. The van der Waals surface area contributed by atoms with E-state index < -0.39 is 0 Å². The van der Waals surface area contributed by atoms with Gasteiger partial charge in [0.15, 0.2) is 0 Å². The van der Waals surface area contributed by atoms with Gasteiger partial charge in [-0.1, -0.05) is 25.1 Å². The highest BCUT2D eigenvalue weighted by molar-refractivity contribution is 6.08. The van der Waals surface area contributed by atoms with E-state index in [-0.39, 0.29) is 18.0 Å². The molecule has 5 heteroatoms. The number of fused-ring (bicyclic) bond motifs is 1. The van der Waals surface area contributed by atoms with Crippen LogP contribution >= 0.6 is 0 Å². The number of carbonyl (C=O) groups is 1. The van der Waals surface area contributed by atoms with Crippen LogP contribution in [-0.2, 0) is 6.54 Å². The van der Waals surface area contributed by atoms with Crippen LogP contribution in [0.5, 0.6) is 0 Å². The van der Waals surface area contributed by atoms with Crippen molar-refractivity contribution in [1.82, 2.24) is 14.9 Å². The van der Waals surface area contributed by atoms with Gasteiger partial charge in [0.2, 0.25) is 0 Å². The smallest absolute Gasteiger partial charge is 0.254 e. The second kappa shape index (κ2) is 7.43. The minimum absolute atomic E-state index is 0.147. The van der Waals surface area contributed by atoms with Gasteiger partial charge < -0.3 is 14.9 Å². The van der Waals surface area contributed by atoms with Gasteiger partial charge in [0.25, 0.3) is 11.5 Å². The lowest BCUT2D eigenvalue weighted by Crippen LogP contribution is -2.28. The second-order valence-corrected chi connectivity index (χ2v) is 7.23. The molecule has 0 unspecified atom stereocenters. The SMILES string of the molecule is CC[C@H](C)n1c(C)c(C(=O)NCc2c(C)cc(C)[nH]c2=O)c2ccccc21. The Kier molecular flexibility index (Phi) is 5.22. The van der Waals surface area contributed by atoms with Gasteiger partial charge in [-0.05, 0) is 51.8 Å². The highest BCUT2D eigenvalue weighted by atomic mass is 16.2. The Bertz CT molecular complexity index is 1060. The van der Waals surface area contributed by atoms with Crippen LogP contribution in [0.25, 0.3) is 10.9 Å². The first kappa shape index (κ1) is 19.0. The van der Waals surface area contributed by atoms with Crippen LogP contribution in [0.15, 0.2) is 35.1 Å². The maximum absolute atomic E-state index is 13.0. The molecule has 0 aliphatic carbocycles. The number of pyridine rings is 1. The standard InChI is InChI=1S/C22H27N3O2/c1-6-15(4)25-16(5)20(17-9-7-8-10-19(17)25)22(27)23-12-18-13(2)11-14(3)24-21(18)26/h7-11,15H,6,12H2,1-5H3,(H,23,27)(H,24,26)/t15-/m0/s1. The highest BCUT2D eigenvalue weighted by Crippen LogP contribution is 2.30. The molecule has 3 aromatic rings. The number of aromatic amines is 1. The third-order valence-corrected chi connectivity index (χ3v) is 5.33. The molecule has 3 rings (SSSR count). The van der Waals surface area contributed by atoms with Crippen LogP contribution in [0.4, 0.5) is 0 Å². The number of hydrogen-bond acceptors (Lipinski definition) is 2. The van der Waals surface area contributed by atoms with Crippen molar-refractivity contribution in [2.24, 2.45) is 0 Å². The van der Waals surface area contributed by atoms with Gasteiger partial charge >= 0.3 is 0 Å². The predicted molar refractivity (Wildman–Crippen MR) is 109 cm³/mol. The fourth-order valence-electron chi connectivity index (χ4n) is 3.79. The zero-order chi connectivity index (χ0) is 19.7. The molecule has 142 valence electrons. The lowest BCUT2D eigenvalue weighted by molar-refractivity contribution is 0.0951. The van der Waals surface area contributed by atoms with Crippen molar-refractivity contribution in [2.45, 2.75) is 53.6 Å². The van der Waals surface area contributed by atoms with E-state index in [9.17, 15) is 9.59 Å². The number of rotatable bonds is 5. The summed E-state index contributed by atoms with van der Waals surface area (Å²) < 4.78 is 2.23. The summed E-state index contributed by atoms with van der Waals surface area (Å²) in [6.07, 6.45) is 0.985. The van der Waals surface area contributed by atoms with Crippen LogP contribution in [0, 0.1) is 20.8 Å². The molecule has 0 spiro atoms. The Labute approximate surface area is 159 Å². The van der Waals surface area contributed by atoms with Gasteiger partial charge in [0.05, 0.1) is 5.56 Å². The van der Waals surface area contributed by atoms with Crippen LogP contribution in [0.3, 0.4) is 0 Å². The zero-order valence-electron chi connectivity index (χ0n) is 16.6. The van der Waals surface area contributed by atoms with Crippen LogP contribution in [0.2, 0.25) is 0 Å². The number of carbonyl (C=O) groups excluding carboxylic acids is 1. The van der Waals surface area contributed by atoms with Crippen molar-refractivity contribution in [1.29, 1.82) is 0 Å². The quantitative estimate of drug-likeness (QED) is 0.713. The van der Waals surface area contributed by atoms with E-state index >= 15 is 0 Å². The highest BCUT2D eigenvalue weighted by Gasteiger charge is 2.21. The molecule has 1 aromatic carbocycles. The number of benzene rings is 1. The van der Waals surface area contributed by atoms with Crippen molar-refractivity contribution >= 4 is 16.8 Å². The monoisotopic (exact) mass is 365 g/mol. The molecule has 0 radical (unpaired) electrons. The van der Waals surface area contributed by atoms with Gasteiger partial charge in [0, 0.05) is 40.4 Å². The van der Waals surface area contributed by atoms with Crippen molar-refractivity contribution in [2.75, 3.05) is 0 Å². The summed E-state index contributed by atoms with van der Waals surface area (Å²) in [5, 5.41) is 3.89. The van der Waals surface area contributed by atoms with Crippen molar-refractivity contribution in [3.05, 3.63) is 68.8 Å². The van der Waals surface area contributed by atoms with Crippen LogP contribution in [-0.4, -0.2) is 15.5 Å². The number of nitrogens with zero attached hydrogens (tertiary/aromatic N) is 1. The van der Waals surface area contributed by atoms with Crippen LogP contribution < -0.4 is 10.9 Å². The molecular formula is C22H27N3O2. The average molecular weight is 365 g/mol. The molecule has 1 atom stereocenters. The molecular weight excluding hydrogens is 338 g/mol. The van der Waals surface area contributed by atoms with Gasteiger partial charge in [-0.15, -0.1) is 0 Å². The molecule has 1 amide bonds. The number of aromatic nitrogens is 2. The first-order valence-corrected chi connectivity index (χ1v) is 9.42. The number of hydrogen-bond donors (Lipinski definition) is 2. The lowest BCUT2D eigenvalue weighted by atomic mass is 10.1. The number of aryl methyl sites for hydroxylation is 2. The Balaban J connectivity index is 1.98. The average Bonchev–Trinajstić information content (AvgIpc) is 2.91. The number of amides is 1. The summed E-state index contributed by atoms with van der Waals surface area (Å²) in [5.41, 5.74) is 4.86. The van der Waals surface area contributed by atoms with Crippen molar-refractivity contribution in [3.63, 3.8) is 0 Å². The Morgan fingerprint density at radius 1 is 1.22 bits per heavy atom. The Morgan fingerprint density at radius 3 is 2.59 bits per heavy atom. The summed E-state index contributed by atoms with van der Waals surface area (Å²) in [5.74, 6) is -0.148. The fraction of sp³-hybridized carbons (Fsp3) is 0.364. The number of nitrogens with one attached hydrogen (secondary N) is 2. The largest absolute Gasteiger partial charge is 0.348 e. The van der Waals surface area contributed by atoms with E-state index in [4.69, 9.17) is 0 Å². The third-order valence-electron chi connectivity index (χ3n) is 5.33. The van der Waals surface area contributed by atoms with E-state index in [1.165, 1.54) is 0 Å². The van der Waals surface area contributed by atoms with E-state index in [0.717, 1.165) is 34.3 Å². The summed E-state index contributed by atoms with van der Waals surface area (Å²) in [6.45, 7) is 10.3. The minimum atomic E-state index is -0.148. The van der Waals surface area contributed by atoms with E-state index in [0.29, 0.717) is 17.2 Å². The molecule has 0 saturated heterocycles. The van der Waals surface area contributed by atoms with Crippen LogP contribution in [0.1, 0.15) is 59.2 Å². The van der Waals surface area contributed by atoms with E-state index in [1.54, 1.807) is 0 Å². The van der Waals surface area contributed by atoms with Crippen molar-refractivity contribution < 1.29 is 4.79 Å². The molecule has 5 nitrogen and oxygen atoms in total. The molecule has 0 saturated carbocycles. The molecule has 2 aromatic heterocycles. The Morgan fingerprint density at radius 2 is 1.93 bits per heavy atom. The lowest BCUT2D eigenvalue weighted by Gasteiger charge is -2.16. The second-order valence-electron chi connectivity index (χ2n) is 7.23. The Hall–Kier alpha value is -2.82. The molecule has 0 fully saturated rings. The van der Waals surface area contributed by atoms with E-state index in [2.05, 4.69) is 34.8 Å². The first-order valence-electron chi connectivity index (χ1n) is 9.42. The van der Waals surface area contributed by atoms with Crippen molar-refractivity contribution in [3.8, 4) is 0 Å². The topological polar surface area (TPSA) is 66.9 Å². The predicted octanol–water partition coefficient (Wildman–Crippen LogP) is 4.16. The maximum atomic E-state index is 13.0. The fourth-order valence-corrected chi connectivity index (χ4v) is 3.79. The number of H-pyrrole nitrogens is 1. The number of para-hydroxylation sites is 1. The molecule has 27 heavy (non-hydrogen) atoms. The molecule has 0 aliphatic rings. The molecule has 0 bridgehead atoms. The first-order chi connectivity index (χ1) is 12.8. The molecule has 2 N–H and O–H groups in total. The summed E-state index contributed by atoms with van der Waals surface area (Å²) >= 11 is 0. The van der Waals surface area contributed by atoms with Gasteiger partial charge in [0.1, 0.15) is 0 Å². The van der Waals surface area contributed by atoms with Gasteiger partial charge in [-0.3, -0.25) is 9.59 Å². The molecule has 0 aliphatic heterocycles. The summed E-state index contributed by atoms with van der Waals surface area (Å²) in [6, 6.07) is 10.2. The normalized spacial score (nSPS) is 12.3. The minimum Gasteiger partial charge on any atom is -0.348 e. The third kappa shape index (κ3) is 3.42. The van der Waals surface area contributed by atoms with Gasteiger partial charge in [-0.2, -0.15) is 0 Å². The van der Waals surface area contributed by atoms with E-state index in [1.807, 2.05) is 45.0 Å².